The van der Waals surface area contributed by atoms with Crippen LogP contribution in [0.4, 0.5) is 0 Å². The van der Waals surface area contributed by atoms with Gasteiger partial charge in [-0.25, -0.2) is 9.36 Å². The van der Waals surface area contributed by atoms with E-state index in [1.54, 1.807) is 0 Å². The second kappa shape index (κ2) is 40.0. The lowest BCUT2D eigenvalue weighted by Crippen LogP contribution is -2.43. The van der Waals surface area contributed by atoms with Crippen molar-refractivity contribution in [1.82, 2.24) is 5.32 Å². The SMILES string of the molecule is CC/C=C\C/C=C\C/C=C\C/C=C\C/C=C\CCCCCCCCCC(=O)OCC(O)COP(=O)(O)OCC(NC(=O)CCCCCCCCCCCC)C(=O)O. The van der Waals surface area contributed by atoms with Crippen LogP contribution in [0.1, 0.15) is 174 Å². The number of aliphatic hydroxyl groups excluding tert-OH is 1. The quantitative estimate of drug-likeness (QED) is 0.0202. The number of rotatable bonds is 40. The summed E-state index contributed by atoms with van der Waals surface area (Å²) in [7, 11) is -4.76. The molecule has 328 valence electrons. The second-order valence-corrected chi connectivity index (χ2v) is 16.0. The molecule has 0 aliphatic carbocycles. The van der Waals surface area contributed by atoms with Crippen LogP contribution in [0.3, 0.4) is 0 Å². The molecule has 0 bridgehead atoms. The van der Waals surface area contributed by atoms with Gasteiger partial charge >= 0.3 is 19.8 Å². The van der Waals surface area contributed by atoms with Crippen LogP contribution in [0.5, 0.6) is 0 Å². The topological polar surface area (TPSA) is 169 Å². The van der Waals surface area contributed by atoms with Crippen LogP contribution in [0.15, 0.2) is 60.8 Å². The van der Waals surface area contributed by atoms with Gasteiger partial charge in [0, 0.05) is 12.8 Å². The van der Waals surface area contributed by atoms with Crippen molar-refractivity contribution < 1.29 is 47.8 Å². The normalized spacial score (nSPS) is 14.3. The highest BCUT2D eigenvalue weighted by molar-refractivity contribution is 7.47. The highest BCUT2D eigenvalue weighted by Gasteiger charge is 2.28. The number of carbonyl (C=O) groups is 3. The van der Waals surface area contributed by atoms with Crippen LogP contribution < -0.4 is 5.32 Å². The number of phosphoric acid groups is 1. The Hall–Kier alpha value is -2.82. The Kier molecular flexibility index (Phi) is 38.0. The van der Waals surface area contributed by atoms with Crippen LogP contribution in [0.25, 0.3) is 0 Å². The molecule has 0 aliphatic heterocycles. The number of hydrogen-bond donors (Lipinski definition) is 4. The van der Waals surface area contributed by atoms with E-state index >= 15 is 0 Å². The third kappa shape index (κ3) is 39.8. The van der Waals surface area contributed by atoms with Crippen molar-refractivity contribution in [1.29, 1.82) is 0 Å². The Balaban J connectivity index is 3.88. The first kappa shape index (κ1) is 54.2. The van der Waals surface area contributed by atoms with Gasteiger partial charge in [-0.2, -0.15) is 0 Å². The van der Waals surface area contributed by atoms with Crippen LogP contribution in [0, 0.1) is 0 Å². The van der Waals surface area contributed by atoms with Gasteiger partial charge in [0.05, 0.1) is 13.2 Å². The molecular weight excluding hydrogens is 745 g/mol. The van der Waals surface area contributed by atoms with E-state index in [1.807, 2.05) is 0 Å². The van der Waals surface area contributed by atoms with Crippen molar-refractivity contribution in [2.45, 2.75) is 187 Å². The maximum Gasteiger partial charge on any atom is 0.472 e. The number of carbonyl (C=O) groups excluding carboxylic acids is 2. The van der Waals surface area contributed by atoms with Gasteiger partial charge in [0.1, 0.15) is 12.7 Å². The van der Waals surface area contributed by atoms with Crippen LogP contribution >= 0.6 is 7.82 Å². The number of amides is 1. The number of allylic oxidation sites excluding steroid dienone is 10. The molecule has 0 aromatic rings. The number of ether oxygens (including phenoxy) is 1. The molecule has 0 rings (SSSR count). The number of esters is 1. The maximum atomic E-state index is 12.2. The highest BCUT2D eigenvalue weighted by atomic mass is 31.2. The second-order valence-electron chi connectivity index (χ2n) is 14.5. The standard InChI is InChI=1S/C45H78NO10P/c1-3-5-7-9-11-13-15-16-17-18-19-20-21-22-23-24-25-26-27-29-31-33-35-37-44(49)54-38-41(47)39-55-57(52,53)56-40-42(45(50)51)46-43(48)36-34-32-30-28-14-12-10-8-6-4-2/h5,7,11,13,16-17,19-20,22-23,41-42,47H,3-4,6,8-10,12,14-15,18,21,24-40H2,1-2H3,(H,46,48)(H,50,51)(H,52,53)/b7-5-,13-11-,17-16-,20-19-,23-22-. The largest absolute Gasteiger partial charge is 0.480 e. The minimum Gasteiger partial charge on any atom is -0.480 e. The molecule has 0 aromatic carbocycles. The summed E-state index contributed by atoms with van der Waals surface area (Å²) < 4.78 is 26.8. The molecule has 0 heterocycles. The van der Waals surface area contributed by atoms with Gasteiger partial charge in [-0.15, -0.1) is 0 Å². The van der Waals surface area contributed by atoms with Gasteiger partial charge in [0.15, 0.2) is 6.04 Å². The number of unbranched alkanes of at least 4 members (excludes halogenated alkanes) is 16. The van der Waals surface area contributed by atoms with Crippen molar-refractivity contribution in [2.24, 2.45) is 0 Å². The number of nitrogens with one attached hydrogen (secondary N) is 1. The molecular formula is C45H78NO10P. The highest BCUT2D eigenvalue weighted by Crippen LogP contribution is 2.43. The van der Waals surface area contributed by atoms with Gasteiger partial charge in [-0.1, -0.05) is 164 Å². The molecule has 12 heteroatoms. The Bertz CT molecular complexity index is 1200. The van der Waals surface area contributed by atoms with Crippen molar-refractivity contribution in [3.63, 3.8) is 0 Å². The molecule has 0 saturated carbocycles. The maximum absolute atomic E-state index is 12.2. The van der Waals surface area contributed by atoms with E-state index in [0.717, 1.165) is 83.5 Å². The zero-order valence-corrected chi connectivity index (χ0v) is 36.3. The monoisotopic (exact) mass is 824 g/mol. The van der Waals surface area contributed by atoms with E-state index in [1.165, 1.54) is 51.4 Å². The summed E-state index contributed by atoms with van der Waals surface area (Å²) in [6.07, 6.45) is 45.4. The summed E-state index contributed by atoms with van der Waals surface area (Å²) in [5, 5.41) is 21.8. The third-order valence-electron chi connectivity index (χ3n) is 9.07. The number of aliphatic hydroxyl groups is 1. The fraction of sp³-hybridized carbons (Fsp3) is 0.711. The van der Waals surface area contributed by atoms with Gasteiger partial charge in [0.2, 0.25) is 5.91 Å². The average molecular weight is 824 g/mol. The first-order valence-corrected chi connectivity index (χ1v) is 23.3. The summed E-state index contributed by atoms with van der Waals surface area (Å²) in [5.41, 5.74) is 0. The number of hydrogen-bond acceptors (Lipinski definition) is 8. The molecule has 0 fully saturated rings. The minimum absolute atomic E-state index is 0.145. The predicted molar refractivity (Wildman–Crippen MR) is 231 cm³/mol. The Morgan fingerprint density at radius 1 is 0.579 bits per heavy atom. The molecule has 3 atom stereocenters. The fourth-order valence-corrected chi connectivity index (χ4v) is 6.47. The van der Waals surface area contributed by atoms with E-state index in [4.69, 9.17) is 13.8 Å². The van der Waals surface area contributed by atoms with Crippen molar-refractivity contribution in [2.75, 3.05) is 19.8 Å². The lowest BCUT2D eigenvalue weighted by atomic mass is 10.1. The summed E-state index contributed by atoms with van der Waals surface area (Å²) in [6.45, 7) is 2.43. The Labute approximate surface area is 345 Å². The fourth-order valence-electron chi connectivity index (χ4n) is 5.69. The number of aliphatic carboxylic acids is 1. The number of phosphoric ester groups is 1. The van der Waals surface area contributed by atoms with E-state index in [-0.39, 0.29) is 12.8 Å². The van der Waals surface area contributed by atoms with E-state index in [2.05, 4.69) is 79.9 Å². The Morgan fingerprint density at radius 3 is 1.53 bits per heavy atom. The van der Waals surface area contributed by atoms with Gasteiger partial charge in [-0.3, -0.25) is 18.6 Å². The smallest absolute Gasteiger partial charge is 0.472 e. The minimum atomic E-state index is -4.76. The molecule has 0 aromatic heterocycles. The van der Waals surface area contributed by atoms with Gasteiger partial charge in [0.25, 0.3) is 0 Å². The summed E-state index contributed by atoms with van der Waals surface area (Å²) in [4.78, 5) is 45.8. The summed E-state index contributed by atoms with van der Waals surface area (Å²) in [5.74, 6) is -2.39. The lowest BCUT2D eigenvalue weighted by Gasteiger charge is -2.18. The van der Waals surface area contributed by atoms with Crippen molar-refractivity contribution in [3.8, 4) is 0 Å². The molecule has 4 N–H and O–H groups in total. The number of carboxylic acids is 1. The van der Waals surface area contributed by atoms with Gasteiger partial charge < -0.3 is 25.2 Å². The molecule has 0 aliphatic rings. The Morgan fingerprint density at radius 2 is 1.02 bits per heavy atom. The zero-order chi connectivity index (χ0) is 42.1. The molecule has 1 amide bonds. The number of carboxylic acid groups (broad SMARTS) is 1. The predicted octanol–water partition coefficient (Wildman–Crippen LogP) is 11.2. The zero-order valence-electron chi connectivity index (χ0n) is 35.4. The molecule has 11 nitrogen and oxygen atoms in total. The third-order valence-corrected chi connectivity index (χ3v) is 10.0. The van der Waals surface area contributed by atoms with Crippen LogP contribution in [0.2, 0.25) is 0 Å². The molecule has 0 radical (unpaired) electrons. The first-order valence-electron chi connectivity index (χ1n) is 21.8. The molecule has 0 saturated heterocycles. The van der Waals surface area contributed by atoms with E-state index < -0.39 is 57.6 Å². The molecule has 57 heavy (non-hydrogen) atoms. The summed E-state index contributed by atoms with van der Waals surface area (Å²) >= 11 is 0. The van der Waals surface area contributed by atoms with Crippen LogP contribution in [-0.4, -0.2) is 64.9 Å². The lowest BCUT2D eigenvalue weighted by molar-refractivity contribution is -0.147. The van der Waals surface area contributed by atoms with Crippen molar-refractivity contribution in [3.05, 3.63) is 60.8 Å². The van der Waals surface area contributed by atoms with Gasteiger partial charge in [-0.05, 0) is 57.8 Å². The van der Waals surface area contributed by atoms with E-state index in [9.17, 15) is 34.1 Å². The summed E-state index contributed by atoms with van der Waals surface area (Å²) in [6, 6.07) is -1.55. The average Bonchev–Trinajstić information content (AvgIpc) is 3.18. The van der Waals surface area contributed by atoms with E-state index in [0.29, 0.717) is 12.8 Å². The van der Waals surface area contributed by atoms with Crippen LogP contribution in [-0.2, 0) is 32.7 Å². The van der Waals surface area contributed by atoms with Crippen molar-refractivity contribution >= 4 is 25.7 Å². The first-order chi connectivity index (χ1) is 27.6. The molecule has 0 spiro atoms. The molecule has 3 unspecified atom stereocenters.